The van der Waals surface area contributed by atoms with E-state index in [0.717, 1.165) is 35.2 Å². The summed E-state index contributed by atoms with van der Waals surface area (Å²) in [6.07, 6.45) is 2.30. The molecule has 0 spiro atoms. The monoisotopic (exact) mass is 496 g/mol. The third-order valence-corrected chi connectivity index (χ3v) is 3.89. The number of nitrogens with zero attached hydrogens (tertiary/aromatic N) is 1. The van der Waals surface area contributed by atoms with E-state index >= 15 is 0 Å². The van der Waals surface area contributed by atoms with Crippen molar-refractivity contribution in [1.82, 2.24) is 5.32 Å². The zero-order chi connectivity index (χ0) is 15.9. The van der Waals surface area contributed by atoms with Gasteiger partial charge in [-0.3, -0.25) is 4.79 Å². The third-order valence-electron chi connectivity index (χ3n) is 3.40. The summed E-state index contributed by atoms with van der Waals surface area (Å²) in [7, 11) is 0. The molecule has 2 rings (SSSR count). The van der Waals surface area contributed by atoms with E-state index in [1.165, 1.54) is 0 Å². The second kappa shape index (κ2) is 10.1. The van der Waals surface area contributed by atoms with Crippen LogP contribution in [0.1, 0.15) is 18.4 Å². The number of amides is 1. The average Bonchev–Trinajstić information content (AvgIpc) is 3.00. The van der Waals surface area contributed by atoms with Crippen molar-refractivity contribution in [2.45, 2.75) is 25.9 Å². The summed E-state index contributed by atoms with van der Waals surface area (Å²) in [5, 5.41) is 5.80. The molecule has 1 atom stereocenters. The number of nitrogens with one attached hydrogen (secondary N) is 2. The van der Waals surface area contributed by atoms with Crippen molar-refractivity contribution in [2.75, 3.05) is 25.0 Å². The molecule has 6 nitrogen and oxygen atoms in total. The summed E-state index contributed by atoms with van der Waals surface area (Å²) in [6, 6.07) is 5.71. The first-order valence-electron chi connectivity index (χ1n) is 7.26. The Kier molecular flexibility index (Phi) is 8.85. The van der Waals surface area contributed by atoms with Gasteiger partial charge in [0.1, 0.15) is 6.54 Å². The molecule has 1 unspecified atom stereocenters. The van der Waals surface area contributed by atoms with Crippen LogP contribution in [-0.2, 0) is 9.53 Å². The summed E-state index contributed by atoms with van der Waals surface area (Å²) in [5.41, 5.74) is 7.50. The zero-order valence-electron chi connectivity index (χ0n) is 13.0. The summed E-state index contributed by atoms with van der Waals surface area (Å²) in [6.45, 7) is 3.35. The molecule has 1 amide bonds. The molecule has 128 valence electrons. The van der Waals surface area contributed by atoms with E-state index in [1.54, 1.807) is 0 Å². The number of guanidine groups is 1. The fourth-order valence-corrected chi connectivity index (χ4v) is 2.52. The number of halogens is 2. The fourth-order valence-electron chi connectivity index (χ4n) is 2.16. The molecule has 1 aromatic carbocycles. The average molecular weight is 497 g/mol. The summed E-state index contributed by atoms with van der Waals surface area (Å²) in [5.74, 6) is 0.0553. The second-order valence-electron chi connectivity index (χ2n) is 5.22. The molecule has 1 aliphatic heterocycles. The molecule has 0 aromatic heterocycles. The Morgan fingerprint density at radius 3 is 3.00 bits per heavy atom. The Balaban J connectivity index is 0.00000264. The number of aryl methyl sites for hydroxylation is 1. The molecule has 1 aromatic rings. The smallest absolute Gasteiger partial charge is 0.246 e. The van der Waals surface area contributed by atoms with Crippen LogP contribution in [0.4, 0.5) is 5.69 Å². The molecule has 1 heterocycles. The van der Waals surface area contributed by atoms with Gasteiger partial charge in [0, 0.05) is 23.3 Å². The van der Waals surface area contributed by atoms with Gasteiger partial charge in [0.05, 0.1) is 6.10 Å². The van der Waals surface area contributed by atoms with E-state index in [2.05, 4.69) is 31.6 Å². The van der Waals surface area contributed by atoms with Gasteiger partial charge in [-0.2, -0.15) is 0 Å². The molecule has 1 aliphatic rings. The molecule has 0 radical (unpaired) electrons. The SMILES string of the molecule is Cc1ccc(Br)cc1NC(=O)CN=C(N)NCC1CCCO1.I. The number of benzene rings is 1. The van der Waals surface area contributed by atoms with Crippen molar-refractivity contribution in [3.8, 4) is 0 Å². The van der Waals surface area contributed by atoms with Crippen LogP contribution in [0.25, 0.3) is 0 Å². The lowest BCUT2D eigenvalue weighted by molar-refractivity contribution is -0.114. The van der Waals surface area contributed by atoms with Gasteiger partial charge in [0.2, 0.25) is 5.91 Å². The molecule has 1 saturated heterocycles. The Hall–Kier alpha value is -0.870. The summed E-state index contributed by atoms with van der Waals surface area (Å²) in [4.78, 5) is 15.9. The number of hydrogen-bond donors (Lipinski definition) is 3. The first-order valence-corrected chi connectivity index (χ1v) is 8.05. The highest BCUT2D eigenvalue weighted by Gasteiger charge is 2.15. The molecule has 4 N–H and O–H groups in total. The van der Waals surface area contributed by atoms with Crippen LogP contribution in [0.5, 0.6) is 0 Å². The van der Waals surface area contributed by atoms with Crippen molar-refractivity contribution in [3.63, 3.8) is 0 Å². The Bertz CT molecular complexity index is 562. The van der Waals surface area contributed by atoms with Gasteiger partial charge in [0.25, 0.3) is 0 Å². The molecule has 0 bridgehead atoms. The van der Waals surface area contributed by atoms with Crippen LogP contribution in [0.3, 0.4) is 0 Å². The number of nitrogens with two attached hydrogens (primary N) is 1. The fraction of sp³-hybridized carbons (Fsp3) is 0.467. The molecule has 1 fully saturated rings. The van der Waals surface area contributed by atoms with E-state index in [0.29, 0.717) is 6.54 Å². The van der Waals surface area contributed by atoms with Crippen molar-refractivity contribution in [2.24, 2.45) is 10.7 Å². The lowest BCUT2D eigenvalue weighted by Crippen LogP contribution is -2.37. The number of ether oxygens (including phenoxy) is 1. The van der Waals surface area contributed by atoms with E-state index in [-0.39, 0.29) is 48.5 Å². The highest BCUT2D eigenvalue weighted by atomic mass is 127. The van der Waals surface area contributed by atoms with Crippen molar-refractivity contribution < 1.29 is 9.53 Å². The number of rotatable bonds is 5. The van der Waals surface area contributed by atoms with Gasteiger partial charge in [-0.1, -0.05) is 22.0 Å². The number of carbonyl (C=O) groups excluding carboxylic acids is 1. The Morgan fingerprint density at radius 2 is 2.30 bits per heavy atom. The Labute approximate surface area is 161 Å². The molecular weight excluding hydrogens is 475 g/mol. The standard InChI is InChI=1S/C15H21BrN4O2.HI/c1-10-4-5-11(16)7-13(10)20-14(21)9-19-15(17)18-8-12-3-2-6-22-12;/h4-5,7,12H,2-3,6,8-9H2,1H3,(H,20,21)(H3,17,18,19);1H. The minimum absolute atomic E-state index is 0. The number of anilines is 1. The maximum absolute atomic E-state index is 11.9. The van der Waals surface area contributed by atoms with Crippen LogP contribution in [0.15, 0.2) is 27.7 Å². The summed E-state index contributed by atoms with van der Waals surface area (Å²) < 4.78 is 6.39. The van der Waals surface area contributed by atoms with Crippen molar-refractivity contribution in [3.05, 3.63) is 28.2 Å². The molecule has 8 heteroatoms. The van der Waals surface area contributed by atoms with Crippen LogP contribution < -0.4 is 16.4 Å². The quantitative estimate of drug-likeness (QED) is 0.332. The van der Waals surface area contributed by atoms with Gasteiger partial charge in [-0.05, 0) is 37.5 Å². The number of carbonyl (C=O) groups is 1. The van der Waals surface area contributed by atoms with Gasteiger partial charge >= 0.3 is 0 Å². The van der Waals surface area contributed by atoms with Gasteiger partial charge in [-0.25, -0.2) is 4.99 Å². The topological polar surface area (TPSA) is 88.7 Å². The van der Waals surface area contributed by atoms with Crippen LogP contribution in [0.2, 0.25) is 0 Å². The second-order valence-corrected chi connectivity index (χ2v) is 6.14. The van der Waals surface area contributed by atoms with Crippen LogP contribution in [0, 0.1) is 6.92 Å². The zero-order valence-corrected chi connectivity index (χ0v) is 16.9. The summed E-state index contributed by atoms with van der Waals surface area (Å²) >= 11 is 3.38. The van der Waals surface area contributed by atoms with E-state index in [4.69, 9.17) is 10.5 Å². The lowest BCUT2D eigenvalue weighted by Gasteiger charge is -2.11. The first kappa shape index (κ1) is 20.2. The molecule has 0 saturated carbocycles. The maximum atomic E-state index is 11.9. The predicted octanol–water partition coefficient (Wildman–Crippen LogP) is 2.40. The molecule has 0 aliphatic carbocycles. The minimum atomic E-state index is -0.205. The number of aliphatic imine (C=N–C) groups is 1. The van der Waals surface area contributed by atoms with Gasteiger partial charge < -0.3 is 21.1 Å². The first-order chi connectivity index (χ1) is 10.5. The Morgan fingerprint density at radius 1 is 1.52 bits per heavy atom. The van der Waals surface area contributed by atoms with Crippen LogP contribution >= 0.6 is 39.9 Å². The predicted molar refractivity (Wildman–Crippen MR) is 106 cm³/mol. The van der Waals surface area contributed by atoms with Gasteiger partial charge in [-0.15, -0.1) is 24.0 Å². The van der Waals surface area contributed by atoms with Crippen molar-refractivity contribution in [1.29, 1.82) is 0 Å². The minimum Gasteiger partial charge on any atom is -0.376 e. The van der Waals surface area contributed by atoms with Crippen LogP contribution in [-0.4, -0.2) is 37.7 Å². The maximum Gasteiger partial charge on any atom is 0.246 e. The normalized spacial score (nSPS) is 17.5. The lowest BCUT2D eigenvalue weighted by atomic mass is 10.2. The third kappa shape index (κ3) is 7.05. The highest BCUT2D eigenvalue weighted by Crippen LogP contribution is 2.20. The van der Waals surface area contributed by atoms with E-state index in [9.17, 15) is 4.79 Å². The number of hydrogen-bond acceptors (Lipinski definition) is 3. The molecular formula is C15H22BrIN4O2. The van der Waals surface area contributed by atoms with Gasteiger partial charge in [0.15, 0.2) is 5.96 Å². The van der Waals surface area contributed by atoms with E-state index < -0.39 is 0 Å². The largest absolute Gasteiger partial charge is 0.376 e. The highest BCUT2D eigenvalue weighted by molar-refractivity contribution is 14.0. The van der Waals surface area contributed by atoms with E-state index in [1.807, 2.05) is 25.1 Å². The van der Waals surface area contributed by atoms with Crippen molar-refractivity contribution >= 4 is 57.5 Å². The molecule has 23 heavy (non-hydrogen) atoms.